The normalized spacial score (nSPS) is 10.3. The summed E-state index contributed by atoms with van der Waals surface area (Å²) in [5.74, 6) is -0.951. The van der Waals surface area contributed by atoms with E-state index in [0.29, 0.717) is 11.1 Å². The molecule has 5 nitrogen and oxygen atoms in total. The van der Waals surface area contributed by atoms with Crippen LogP contribution in [0.15, 0.2) is 42.5 Å². The van der Waals surface area contributed by atoms with Gasteiger partial charge in [0.05, 0.1) is 12.1 Å². The Bertz CT molecular complexity index is 692. The third-order valence-electron chi connectivity index (χ3n) is 3.11. The minimum Gasteiger partial charge on any atom is -0.504 e. The maximum atomic E-state index is 12.0. The van der Waals surface area contributed by atoms with Gasteiger partial charge in [0, 0.05) is 5.56 Å². The van der Waals surface area contributed by atoms with Crippen molar-refractivity contribution in [1.29, 1.82) is 0 Å². The summed E-state index contributed by atoms with van der Waals surface area (Å²) >= 11 is 0. The summed E-state index contributed by atoms with van der Waals surface area (Å²) in [4.78, 5) is 23.7. The zero-order valence-electron chi connectivity index (χ0n) is 12.4. The van der Waals surface area contributed by atoms with Crippen molar-refractivity contribution in [1.82, 2.24) is 5.32 Å². The molecule has 0 amide bonds. The highest BCUT2D eigenvalue weighted by atomic mass is 16.5. The molecule has 2 rings (SSSR count). The number of aryl methyl sites for hydroxylation is 1. The maximum absolute atomic E-state index is 12.0. The molecule has 0 bridgehead atoms. The maximum Gasteiger partial charge on any atom is 0.343 e. The van der Waals surface area contributed by atoms with Crippen LogP contribution < -0.4 is 10.1 Å². The largest absolute Gasteiger partial charge is 0.504 e. The number of Topliss-reactive ketones (excluding diaryl/α,β-unsaturated/α-hetero) is 1. The molecule has 0 saturated heterocycles. The van der Waals surface area contributed by atoms with E-state index in [9.17, 15) is 14.7 Å². The van der Waals surface area contributed by atoms with Crippen LogP contribution in [0.1, 0.15) is 26.3 Å². The van der Waals surface area contributed by atoms with Crippen molar-refractivity contribution in [3.63, 3.8) is 0 Å². The number of hydrogen-bond donors (Lipinski definition) is 2. The number of ketones is 1. The third kappa shape index (κ3) is 3.71. The third-order valence-corrected chi connectivity index (χ3v) is 3.11. The molecule has 0 fully saturated rings. The molecule has 0 spiro atoms. The first kappa shape index (κ1) is 15.7. The number of ether oxygens (including phenoxy) is 1. The fourth-order valence-corrected chi connectivity index (χ4v) is 1.89. The van der Waals surface area contributed by atoms with Crippen LogP contribution in [-0.2, 0) is 0 Å². The second-order valence-electron chi connectivity index (χ2n) is 4.89. The molecule has 0 unspecified atom stereocenters. The van der Waals surface area contributed by atoms with Gasteiger partial charge in [-0.15, -0.1) is 0 Å². The monoisotopic (exact) mass is 299 g/mol. The highest BCUT2D eigenvalue weighted by molar-refractivity contribution is 5.98. The SMILES string of the molecule is CNCC(=O)c1ccc(OC(=O)c2ccc(C)cc2)c(O)c1. The number of phenols is 1. The van der Waals surface area contributed by atoms with E-state index >= 15 is 0 Å². The summed E-state index contributed by atoms with van der Waals surface area (Å²) in [5, 5.41) is 12.6. The van der Waals surface area contributed by atoms with Crippen molar-refractivity contribution >= 4 is 11.8 Å². The van der Waals surface area contributed by atoms with Gasteiger partial charge in [-0.3, -0.25) is 4.79 Å². The number of likely N-dealkylation sites (N-methyl/N-ethyl adjacent to an activating group) is 1. The lowest BCUT2D eigenvalue weighted by Crippen LogP contribution is -2.18. The summed E-state index contributed by atoms with van der Waals surface area (Å²) in [5.41, 5.74) is 1.77. The molecule has 0 aliphatic carbocycles. The first-order valence-electron chi connectivity index (χ1n) is 6.81. The van der Waals surface area contributed by atoms with Gasteiger partial charge in [-0.1, -0.05) is 17.7 Å². The molecular formula is C17H17NO4. The van der Waals surface area contributed by atoms with Gasteiger partial charge in [0.1, 0.15) is 0 Å². The number of rotatable bonds is 5. The Kier molecular flexibility index (Phi) is 4.91. The molecule has 0 aliphatic heterocycles. The van der Waals surface area contributed by atoms with Gasteiger partial charge in [-0.05, 0) is 44.3 Å². The van der Waals surface area contributed by atoms with E-state index in [-0.39, 0.29) is 23.8 Å². The minimum absolute atomic E-state index is 0.0200. The lowest BCUT2D eigenvalue weighted by molar-refractivity contribution is 0.0729. The molecular weight excluding hydrogens is 282 g/mol. The molecule has 0 aromatic heterocycles. The molecule has 2 aromatic rings. The number of aromatic hydroxyl groups is 1. The zero-order chi connectivity index (χ0) is 16.1. The van der Waals surface area contributed by atoms with Crippen LogP contribution in [0.25, 0.3) is 0 Å². The van der Waals surface area contributed by atoms with Crippen LogP contribution in [0.2, 0.25) is 0 Å². The van der Waals surface area contributed by atoms with Crippen molar-refractivity contribution in [3.8, 4) is 11.5 Å². The van der Waals surface area contributed by atoms with E-state index in [0.717, 1.165) is 5.56 Å². The number of benzene rings is 2. The summed E-state index contributed by atoms with van der Waals surface area (Å²) < 4.78 is 5.15. The molecule has 22 heavy (non-hydrogen) atoms. The van der Waals surface area contributed by atoms with Crippen molar-refractivity contribution in [2.45, 2.75) is 6.92 Å². The highest BCUT2D eigenvalue weighted by Gasteiger charge is 2.13. The Morgan fingerprint density at radius 3 is 2.32 bits per heavy atom. The molecule has 5 heteroatoms. The highest BCUT2D eigenvalue weighted by Crippen LogP contribution is 2.27. The number of phenolic OH excluding ortho intramolecular Hbond substituents is 1. The smallest absolute Gasteiger partial charge is 0.343 e. The van der Waals surface area contributed by atoms with Gasteiger partial charge in [-0.2, -0.15) is 0 Å². The lowest BCUT2D eigenvalue weighted by atomic mass is 10.1. The minimum atomic E-state index is -0.565. The van der Waals surface area contributed by atoms with E-state index in [1.807, 2.05) is 6.92 Å². The van der Waals surface area contributed by atoms with Crippen molar-refractivity contribution in [2.24, 2.45) is 0 Å². The van der Waals surface area contributed by atoms with E-state index in [4.69, 9.17) is 4.74 Å². The second-order valence-corrected chi connectivity index (χ2v) is 4.89. The van der Waals surface area contributed by atoms with Crippen LogP contribution in [0.4, 0.5) is 0 Å². The Morgan fingerprint density at radius 1 is 1.09 bits per heavy atom. The first-order chi connectivity index (χ1) is 10.5. The van der Waals surface area contributed by atoms with E-state index in [2.05, 4.69) is 5.32 Å². The van der Waals surface area contributed by atoms with Gasteiger partial charge in [-0.25, -0.2) is 4.79 Å². The Labute approximate surface area is 128 Å². The molecule has 0 radical (unpaired) electrons. The standard InChI is InChI=1S/C17H17NO4/c1-11-3-5-12(6-4-11)17(21)22-16-8-7-13(9-14(16)19)15(20)10-18-2/h3-9,18-19H,10H2,1-2H3. The number of esters is 1. The Balaban J connectivity index is 2.14. The lowest BCUT2D eigenvalue weighted by Gasteiger charge is -2.08. The molecule has 2 aromatic carbocycles. The van der Waals surface area contributed by atoms with Gasteiger partial charge in [0.2, 0.25) is 0 Å². The summed E-state index contributed by atoms with van der Waals surface area (Å²) in [6.07, 6.45) is 0. The summed E-state index contributed by atoms with van der Waals surface area (Å²) in [7, 11) is 1.66. The summed E-state index contributed by atoms with van der Waals surface area (Å²) in [6.45, 7) is 2.09. The van der Waals surface area contributed by atoms with E-state index < -0.39 is 5.97 Å². The van der Waals surface area contributed by atoms with Crippen molar-refractivity contribution < 1.29 is 19.4 Å². The Hall–Kier alpha value is -2.66. The van der Waals surface area contributed by atoms with Crippen molar-refractivity contribution in [2.75, 3.05) is 13.6 Å². The molecule has 114 valence electrons. The Morgan fingerprint density at radius 2 is 1.73 bits per heavy atom. The molecule has 0 aliphatic rings. The fraction of sp³-hybridized carbons (Fsp3) is 0.176. The number of hydrogen-bond acceptors (Lipinski definition) is 5. The van der Waals surface area contributed by atoms with Gasteiger partial charge < -0.3 is 15.2 Å². The van der Waals surface area contributed by atoms with Crippen LogP contribution >= 0.6 is 0 Å². The number of carbonyl (C=O) groups is 2. The van der Waals surface area contributed by atoms with Crippen LogP contribution in [0.3, 0.4) is 0 Å². The second kappa shape index (κ2) is 6.87. The van der Waals surface area contributed by atoms with Gasteiger partial charge in [0.15, 0.2) is 17.3 Å². The fourth-order valence-electron chi connectivity index (χ4n) is 1.89. The average molecular weight is 299 g/mol. The molecule has 2 N–H and O–H groups in total. The van der Waals surface area contributed by atoms with Crippen molar-refractivity contribution in [3.05, 3.63) is 59.2 Å². The number of carbonyl (C=O) groups excluding carboxylic acids is 2. The molecule has 0 saturated carbocycles. The van der Waals surface area contributed by atoms with Gasteiger partial charge >= 0.3 is 5.97 Å². The molecule has 0 atom stereocenters. The van der Waals surface area contributed by atoms with E-state index in [1.54, 1.807) is 31.3 Å². The first-order valence-corrected chi connectivity index (χ1v) is 6.81. The van der Waals surface area contributed by atoms with Gasteiger partial charge in [0.25, 0.3) is 0 Å². The van der Waals surface area contributed by atoms with Crippen LogP contribution in [0.5, 0.6) is 11.5 Å². The molecule has 0 heterocycles. The quantitative estimate of drug-likeness (QED) is 0.503. The predicted octanol–water partition coefficient (Wildman–Crippen LogP) is 2.32. The average Bonchev–Trinajstić information content (AvgIpc) is 2.50. The van der Waals surface area contributed by atoms with Crippen LogP contribution in [-0.4, -0.2) is 30.5 Å². The zero-order valence-corrected chi connectivity index (χ0v) is 12.4. The van der Waals surface area contributed by atoms with E-state index in [1.165, 1.54) is 18.2 Å². The topological polar surface area (TPSA) is 75.6 Å². The predicted molar refractivity (Wildman–Crippen MR) is 82.5 cm³/mol. The van der Waals surface area contributed by atoms with Crippen LogP contribution in [0, 0.1) is 6.92 Å². The summed E-state index contributed by atoms with van der Waals surface area (Å²) in [6, 6.07) is 11.1. The number of nitrogens with one attached hydrogen (secondary N) is 1.